The Hall–Kier alpha value is -4.08. The van der Waals surface area contributed by atoms with Gasteiger partial charge >= 0.3 is 6.03 Å². The van der Waals surface area contributed by atoms with E-state index in [4.69, 9.17) is 9.72 Å². The minimum absolute atomic E-state index is 0.0409. The number of likely N-dealkylation sites (N-methyl/N-ethyl adjacent to an activating group) is 1. The normalized spacial score (nSPS) is 16.8. The van der Waals surface area contributed by atoms with Gasteiger partial charge in [-0.3, -0.25) is 4.90 Å². The first-order valence-corrected chi connectivity index (χ1v) is 15.8. The molecule has 2 aliphatic heterocycles. The van der Waals surface area contributed by atoms with Gasteiger partial charge in [0.05, 0.1) is 11.2 Å². The predicted molar refractivity (Wildman–Crippen MR) is 179 cm³/mol. The summed E-state index contributed by atoms with van der Waals surface area (Å²) >= 11 is 0. The quantitative estimate of drug-likeness (QED) is 0.294. The molecule has 6 rings (SSSR count). The van der Waals surface area contributed by atoms with Gasteiger partial charge in [0.1, 0.15) is 23.7 Å². The fourth-order valence-electron chi connectivity index (χ4n) is 5.89. The Labute approximate surface area is 260 Å². The molecule has 2 aliphatic rings. The SMILES string of the molecule is CN1CCN(C(=O)Nc2ccc(OCCN3CCN(c4cccc5[nH]c(-c6ccc(C(C)(C)C)cc6)nc45)CC3)cc2)CC1. The van der Waals surface area contributed by atoms with Crippen molar-refractivity contribution < 1.29 is 9.53 Å². The van der Waals surface area contributed by atoms with Crippen LogP contribution in [0, 0.1) is 0 Å². The smallest absolute Gasteiger partial charge is 0.321 e. The van der Waals surface area contributed by atoms with E-state index in [9.17, 15) is 4.79 Å². The van der Waals surface area contributed by atoms with Crippen LogP contribution in [0.4, 0.5) is 16.2 Å². The maximum atomic E-state index is 12.5. The van der Waals surface area contributed by atoms with Crippen LogP contribution in [-0.4, -0.2) is 103 Å². The van der Waals surface area contributed by atoms with Crippen LogP contribution in [0.5, 0.6) is 5.75 Å². The molecule has 2 saturated heterocycles. The van der Waals surface area contributed by atoms with Crippen molar-refractivity contribution in [2.45, 2.75) is 26.2 Å². The van der Waals surface area contributed by atoms with Gasteiger partial charge in [0.25, 0.3) is 0 Å². The molecule has 0 radical (unpaired) electrons. The number of nitrogens with zero attached hydrogens (tertiary/aromatic N) is 5. The third-order valence-corrected chi connectivity index (χ3v) is 8.80. The van der Waals surface area contributed by atoms with E-state index in [0.29, 0.717) is 6.61 Å². The molecule has 0 bridgehead atoms. The van der Waals surface area contributed by atoms with Gasteiger partial charge in [-0.25, -0.2) is 9.78 Å². The summed E-state index contributed by atoms with van der Waals surface area (Å²) in [4.78, 5) is 30.1. The molecule has 3 aromatic carbocycles. The van der Waals surface area contributed by atoms with Crippen molar-refractivity contribution in [3.8, 4) is 17.1 Å². The molecule has 9 nitrogen and oxygen atoms in total. The Morgan fingerprint density at radius 1 is 0.886 bits per heavy atom. The number of rotatable bonds is 7. The number of benzene rings is 3. The van der Waals surface area contributed by atoms with E-state index >= 15 is 0 Å². The molecule has 3 heterocycles. The molecular formula is C35H45N7O2. The van der Waals surface area contributed by atoms with Gasteiger partial charge in [0.2, 0.25) is 0 Å². The largest absolute Gasteiger partial charge is 0.492 e. The van der Waals surface area contributed by atoms with Gasteiger partial charge in [-0.2, -0.15) is 0 Å². The number of carbonyl (C=O) groups is 1. The van der Waals surface area contributed by atoms with Crippen LogP contribution in [0.2, 0.25) is 0 Å². The highest BCUT2D eigenvalue weighted by atomic mass is 16.5. The first-order chi connectivity index (χ1) is 21.2. The molecule has 232 valence electrons. The third kappa shape index (κ3) is 7.00. The number of carbonyl (C=O) groups excluding carboxylic acids is 1. The minimum atomic E-state index is -0.0409. The van der Waals surface area contributed by atoms with Crippen molar-refractivity contribution in [1.82, 2.24) is 24.7 Å². The molecule has 2 amide bonds. The number of urea groups is 1. The van der Waals surface area contributed by atoms with Gasteiger partial charge in [-0.05, 0) is 54.4 Å². The van der Waals surface area contributed by atoms with Crippen molar-refractivity contribution in [3.05, 3.63) is 72.3 Å². The number of para-hydroxylation sites is 1. The molecule has 4 aromatic rings. The summed E-state index contributed by atoms with van der Waals surface area (Å²) in [5.74, 6) is 1.73. The fourth-order valence-corrected chi connectivity index (χ4v) is 5.89. The number of piperazine rings is 2. The van der Waals surface area contributed by atoms with E-state index < -0.39 is 0 Å². The van der Waals surface area contributed by atoms with Crippen molar-refractivity contribution in [2.75, 3.05) is 82.8 Å². The zero-order chi connectivity index (χ0) is 30.7. The summed E-state index contributed by atoms with van der Waals surface area (Å²) in [5.41, 5.74) is 6.63. The Bertz CT molecular complexity index is 1540. The highest BCUT2D eigenvalue weighted by Crippen LogP contribution is 2.30. The Kier molecular flexibility index (Phi) is 8.77. The number of hydrogen-bond donors (Lipinski definition) is 2. The lowest BCUT2D eigenvalue weighted by atomic mass is 9.87. The van der Waals surface area contributed by atoms with Gasteiger partial charge in [0, 0.05) is 70.2 Å². The average Bonchev–Trinajstić information content (AvgIpc) is 3.47. The zero-order valence-electron chi connectivity index (χ0n) is 26.5. The summed E-state index contributed by atoms with van der Waals surface area (Å²) in [7, 11) is 2.08. The summed E-state index contributed by atoms with van der Waals surface area (Å²) < 4.78 is 6.04. The molecular weight excluding hydrogens is 550 g/mol. The van der Waals surface area contributed by atoms with E-state index in [1.807, 2.05) is 29.2 Å². The Morgan fingerprint density at radius 3 is 2.27 bits per heavy atom. The molecule has 2 N–H and O–H groups in total. The van der Waals surface area contributed by atoms with Crippen molar-refractivity contribution in [2.24, 2.45) is 0 Å². The molecule has 2 fully saturated rings. The maximum Gasteiger partial charge on any atom is 0.321 e. The van der Waals surface area contributed by atoms with Crippen LogP contribution in [0.25, 0.3) is 22.4 Å². The number of ether oxygens (including phenoxy) is 1. The van der Waals surface area contributed by atoms with E-state index in [-0.39, 0.29) is 11.4 Å². The first kappa shape index (κ1) is 30.0. The average molecular weight is 596 g/mol. The van der Waals surface area contributed by atoms with Crippen LogP contribution in [0.3, 0.4) is 0 Å². The topological polar surface area (TPSA) is 80.0 Å². The van der Waals surface area contributed by atoms with Crippen LogP contribution in [0.15, 0.2) is 66.7 Å². The number of hydrogen-bond acceptors (Lipinski definition) is 6. The minimum Gasteiger partial charge on any atom is -0.492 e. The van der Waals surface area contributed by atoms with Crippen molar-refractivity contribution in [3.63, 3.8) is 0 Å². The molecule has 0 unspecified atom stereocenters. The van der Waals surface area contributed by atoms with Gasteiger partial charge in [-0.15, -0.1) is 0 Å². The van der Waals surface area contributed by atoms with Crippen LogP contribution in [-0.2, 0) is 5.41 Å². The molecule has 0 atom stereocenters. The standard InChI is InChI=1S/C35H45N7O2/c1-35(2,3)27-10-8-26(9-11-27)33-37-30-6-5-7-31(32(30)38-33)41-22-18-40(19-23-41)24-25-44-29-14-12-28(13-15-29)36-34(43)42-20-16-39(4)17-21-42/h5-15H,16-25H2,1-4H3,(H,36,43)(H,37,38). The molecule has 9 heteroatoms. The fraction of sp³-hybridized carbons (Fsp3) is 0.429. The van der Waals surface area contributed by atoms with Crippen molar-refractivity contribution >= 4 is 28.4 Å². The number of anilines is 2. The van der Waals surface area contributed by atoms with Gasteiger partial charge < -0.3 is 29.7 Å². The first-order valence-electron chi connectivity index (χ1n) is 15.8. The number of nitrogens with one attached hydrogen (secondary N) is 2. The second-order valence-corrected chi connectivity index (χ2v) is 13.0. The number of H-pyrrole nitrogens is 1. The summed E-state index contributed by atoms with van der Waals surface area (Å²) in [6.45, 7) is 15.4. The number of fused-ring (bicyclic) bond motifs is 1. The lowest BCUT2D eigenvalue weighted by molar-refractivity contribution is 0.164. The molecule has 1 aromatic heterocycles. The van der Waals surface area contributed by atoms with Crippen LogP contribution < -0.4 is 15.0 Å². The maximum absolute atomic E-state index is 12.5. The van der Waals surface area contributed by atoms with Crippen molar-refractivity contribution in [1.29, 1.82) is 0 Å². The highest BCUT2D eigenvalue weighted by Gasteiger charge is 2.21. The van der Waals surface area contributed by atoms with E-state index in [0.717, 1.165) is 92.8 Å². The van der Waals surface area contributed by atoms with E-state index in [1.165, 1.54) is 11.3 Å². The molecule has 0 aliphatic carbocycles. The lowest BCUT2D eigenvalue weighted by Gasteiger charge is -2.36. The number of aromatic amines is 1. The molecule has 0 saturated carbocycles. The summed E-state index contributed by atoms with van der Waals surface area (Å²) in [5, 5.41) is 3.00. The summed E-state index contributed by atoms with van der Waals surface area (Å²) in [6, 6.07) is 22.8. The zero-order valence-corrected chi connectivity index (χ0v) is 26.5. The Morgan fingerprint density at radius 2 is 1.59 bits per heavy atom. The molecule has 44 heavy (non-hydrogen) atoms. The number of imidazole rings is 1. The van der Waals surface area contributed by atoms with Gasteiger partial charge in [0.15, 0.2) is 0 Å². The van der Waals surface area contributed by atoms with E-state index in [2.05, 4.69) is 95.3 Å². The highest BCUT2D eigenvalue weighted by molar-refractivity contribution is 5.91. The van der Waals surface area contributed by atoms with Crippen LogP contribution >= 0.6 is 0 Å². The second kappa shape index (κ2) is 12.9. The summed E-state index contributed by atoms with van der Waals surface area (Å²) in [6.07, 6.45) is 0. The Balaban J connectivity index is 0.979. The molecule has 0 spiro atoms. The van der Waals surface area contributed by atoms with Crippen LogP contribution in [0.1, 0.15) is 26.3 Å². The second-order valence-electron chi connectivity index (χ2n) is 13.0. The lowest BCUT2D eigenvalue weighted by Crippen LogP contribution is -2.48. The number of aromatic nitrogens is 2. The predicted octanol–water partition coefficient (Wildman–Crippen LogP) is 5.51. The number of amides is 2. The third-order valence-electron chi connectivity index (χ3n) is 8.80. The van der Waals surface area contributed by atoms with E-state index in [1.54, 1.807) is 0 Å². The van der Waals surface area contributed by atoms with Gasteiger partial charge in [-0.1, -0.05) is 51.1 Å². The monoisotopic (exact) mass is 595 g/mol.